The Morgan fingerprint density at radius 1 is 1.27 bits per heavy atom. The van der Waals surface area contributed by atoms with E-state index < -0.39 is 4.92 Å². The molecule has 0 aliphatic rings. The summed E-state index contributed by atoms with van der Waals surface area (Å²) in [6, 6.07) is 6.42. The minimum atomic E-state index is -0.400. The van der Waals surface area contributed by atoms with Crippen LogP contribution in [0.4, 0.5) is 11.4 Å². The molecule has 0 spiro atoms. The zero-order valence-corrected chi connectivity index (χ0v) is 8.69. The maximum atomic E-state index is 10.4. The Morgan fingerprint density at radius 2 is 1.93 bits per heavy atom. The van der Waals surface area contributed by atoms with Gasteiger partial charge in [-0.2, -0.15) is 0 Å². The van der Waals surface area contributed by atoms with Crippen LogP contribution in [0.1, 0.15) is 6.92 Å². The molecule has 0 aliphatic carbocycles. The fourth-order valence-corrected chi connectivity index (χ4v) is 1.17. The van der Waals surface area contributed by atoms with Crippen LogP contribution in [0.25, 0.3) is 0 Å². The average Bonchev–Trinajstić information content (AvgIpc) is 2.25. The molecule has 2 N–H and O–H groups in total. The second-order valence-electron chi connectivity index (χ2n) is 3.08. The van der Waals surface area contributed by atoms with Crippen molar-refractivity contribution in [1.82, 2.24) is 5.32 Å². The monoisotopic (exact) mass is 209 g/mol. The number of nitrogens with one attached hydrogen (secondary N) is 2. The summed E-state index contributed by atoms with van der Waals surface area (Å²) >= 11 is 0. The van der Waals surface area contributed by atoms with E-state index in [-0.39, 0.29) is 5.69 Å². The lowest BCUT2D eigenvalue weighted by atomic mass is 10.3. The predicted octanol–water partition coefficient (Wildman–Crippen LogP) is 1.62. The Hall–Kier alpha value is -1.62. The van der Waals surface area contributed by atoms with Gasteiger partial charge in [-0.3, -0.25) is 10.1 Å². The first-order chi connectivity index (χ1) is 7.24. The van der Waals surface area contributed by atoms with Crippen LogP contribution in [0, 0.1) is 10.1 Å². The summed E-state index contributed by atoms with van der Waals surface area (Å²) in [5.41, 5.74) is 1.02. The first-order valence-electron chi connectivity index (χ1n) is 4.93. The van der Waals surface area contributed by atoms with Gasteiger partial charge in [0.05, 0.1) is 4.92 Å². The van der Waals surface area contributed by atoms with Crippen molar-refractivity contribution in [1.29, 1.82) is 0 Å². The molecule has 1 aromatic carbocycles. The van der Waals surface area contributed by atoms with Crippen LogP contribution in [0.3, 0.4) is 0 Å². The van der Waals surface area contributed by atoms with Crippen molar-refractivity contribution in [3.05, 3.63) is 34.4 Å². The van der Waals surface area contributed by atoms with Crippen molar-refractivity contribution in [3.63, 3.8) is 0 Å². The molecule has 82 valence electrons. The number of nitrogens with zero attached hydrogens (tertiary/aromatic N) is 1. The van der Waals surface area contributed by atoms with Gasteiger partial charge in [0.25, 0.3) is 5.69 Å². The average molecular weight is 209 g/mol. The normalized spacial score (nSPS) is 9.93. The highest BCUT2D eigenvalue weighted by atomic mass is 16.6. The highest BCUT2D eigenvalue weighted by molar-refractivity contribution is 5.48. The molecule has 15 heavy (non-hydrogen) atoms. The summed E-state index contributed by atoms with van der Waals surface area (Å²) < 4.78 is 0. The fourth-order valence-electron chi connectivity index (χ4n) is 1.17. The molecule has 5 heteroatoms. The maximum absolute atomic E-state index is 10.4. The van der Waals surface area contributed by atoms with Gasteiger partial charge in [0.2, 0.25) is 0 Å². The summed E-state index contributed by atoms with van der Waals surface area (Å²) in [6.07, 6.45) is 0. The van der Waals surface area contributed by atoms with Crippen molar-refractivity contribution >= 4 is 11.4 Å². The molecule has 0 saturated carbocycles. The van der Waals surface area contributed by atoms with Crippen LogP contribution >= 0.6 is 0 Å². The number of non-ortho nitro benzene ring substituents is 1. The third kappa shape index (κ3) is 3.95. The minimum absolute atomic E-state index is 0.118. The molecule has 0 amide bonds. The molecule has 0 fully saturated rings. The highest BCUT2D eigenvalue weighted by Gasteiger charge is 2.02. The van der Waals surface area contributed by atoms with Gasteiger partial charge in [0.1, 0.15) is 0 Å². The lowest BCUT2D eigenvalue weighted by Crippen LogP contribution is -2.21. The van der Waals surface area contributed by atoms with Crippen molar-refractivity contribution in [2.24, 2.45) is 0 Å². The van der Waals surface area contributed by atoms with Crippen molar-refractivity contribution in [2.75, 3.05) is 25.0 Å². The Morgan fingerprint density at radius 3 is 2.47 bits per heavy atom. The van der Waals surface area contributed by atoms with E-state index in [0.717, 1.165) is 25.3 Å². The zero-order chi connectivity index (χ0) is 11.1. The van der Waals surface area contributed by atoms with Crippen LogP contribution in [0.15, 0.2) is 24.3 Å². The van der Waals surface area contributed by atoms with Gasteiger partial charge >= 0.3 is 0 Å². The quantitative estimate of drug-likeness (QED) is 0.424. The van der Waals surface area contributed by atoms with Gasteiger partial charge in [-0.15, -0.1) is 0 Å². The molecule has 1 rings (SSSR count). The Kier molecular flexibility index (Phi) is 4.56. The summed E-state index contributed by atoms with van der Waals surface area (Å²) in [4.78, 5) is 9.99. The lowest BCUT2D eigenvalue weighted by Gasteiger charge is -2.05. The topological polar surface area (TPSA) is 67.2 Å². The van der Waals surface area contributed by atoms with E-state index in [1.165, 1.54) is 12.1 Å². The molecule has 0 radical (unpaired) electrons. The molecule has 0 aromatic heterocycles. The van der Waals surface area contributed by atoms with Crippen molar-refractivity contribution in [2.45, 2.75) is 6.92 Å². The van der Waals surface area contributed by atoms with E-state index in [4.69, 9.17) is 0 Å². The number of rotatable bonds is 6. The lowest BCUT2D eigenvalue weighted by molar-refractivity contribution is -0.384. The Bertz CT molecular complexity index is 311. The second kappa shape index (κ2) is 5.98. The van der Waals surface area contributed by atoms with E-state index >= 15 is 0 Å². The molecule has 0 atom stereocenters. The number of nitro groups is 1. The predicted molar refractivity (Wildman–Crippen MR) is 60.1 cm³/mol. The molecular formula is C10H15N3O2. The molecule has 0 aliphatic heterocycles. The molecule has 5 nitrogen and oxygen atoms in total. The number of anilines is 1. The van der Waals surface area contributed by atoms with Crippen LogP contribution < -0.4 is 10.6 Å². The molecule has 0 bridgehead atoms. The second-order valence-corrected chi connectivity index (χ2v) is 3.08. The van der Waals surface area contributed by atoms with E-state index in [1.54, 1.807) is 12.1 Å². The number of hydrogen-bond donors (Lipinski definition) is 2. The first-order valence-corrected chi connectivity index (χ1v) is 4.93. The number of nitro benzene ring substituents is 1. The summed E-state index contributed by atoms with van der Waals surface area (Å²) in [6.45, 7) is 4.69. The number of likely N-dealkylation sites (N-methyl/N-ethyl adjacent to an activating group) is 1. The molecule has 1 aromatic rings. The van der Waals surface area contributed by atoms with Crippen molar-refractivity contribution < 1.29 is 4.92 Å². The van der Waals surface area contributed by atoms with Crippen LogP contribution in [0.2, 0.25) is 0 Å². The van der Waals surface area contributed by atoms with Gasteiger partial charge in [-0.05, 0) is 18.7 Å². The van der Waals surface area contributed by atoms with Gasteiger partial charge in [0.15, 0.2) is 0 Å². The SMILES string of the molecule is CCNCCNc1ccc([N+](=O)[O-])cc1. The number of hydrogen-bond acceptors (Lipinski definition) is 4. The maximum Gasteiger partial charge on any atom is 0.269 e. The fraction of sp³-hybridized carbons (Fsp3) is 0.400. The molecular weight excluding hydrogens is 194 g/mol. The van der Waals surface area contributed by atoms with Crippen LogP contribution in [0.5, 0.6) is 0 Å². The van der Waals surface area contributed by atoms with E-state index in [9.17, 15) is 10.1 Å². The zero-order valence-electron chi connectivity index (χ0n) is 8.69. The third-order valence-corrected chi connectivity index (χ3v) is 1.96. The summed E-state index contributed by atoms with van der Waals surface area (Å²) in [5, 5.41) is 16.7. The van der Waals surface area contributed by atoms with E-state index in [2.05, 4.69) is 10.6 Å². The molecule has 0 unspecified atom stereocenters. The van der Waals surface area contributed by atoms with Crippen molar-refractivity contribution in [3.8, 4) is 0 Å². The van der Waals surface area contributed by atoms with Crippen LogP contribution in [-0.4, -0.2) is 24.6 Å². The standard InChI is InChI=1S/C10H15N3O2/c1-2-11-7-8-12-9-3-5-10(6-4-9)13(14)15/h3-6,11-12H,2,7-8H2,1H3. The third-order valence-electron chi connectivity index (χ3n) is 1.96. The molecule has 0 heterocycles. The van der Waals surface area contributed by atoms with E-state index in [1.807, 2.05) is 6.92 Å². The summed E-state index contributed by atoms with van der Waals surface area (Å²) in [5.74, 6) is 0. The number of benzene rings is 1. The largest absolute Gasteiger partial charge is 0.384 e. The minimum Gasteiger partial charge on any atom is -0.384 e. The molecule has 0 saturated heterocycles. The van der Waals surface area contributed by atoms with Gasteiger partial charge in [0, 0.05) is 30.9 Å². The van der Waals surface area contributed by atoms with Crippen LogP contribution in [-0.2, 0) is 0 Å². The summed E-state index contributed by atoms with van der Waals surface area (Å²) in [7, 11) is 0. The smallest absolute Gasteiger partial charge is 0.269 e. The van der Waals surface area contributed by atoms with Gasteiger partial charge < -0.3 is 10.6 Å². The first kappa shape index (κ1) is 11.5. The van der Waals surface area contributed by atoms with E-state index in [0.29, 0.717) is 0 Å². The Labute approximate surface area is 88.6 Å². The van der Waals surface area contributed by atoms with Gasteiger partial charge in [-0.1, -0.05) is 6.92 Å². The van der Waals surface area contributed by atoms with Gasteiger partial charge in [-0.25, -0.2) is 0 Å². The highest BCUT2D eigenvalue weighted by Crippen LogP contribution is 2.14. The Balaban J connectivity index is 2.39.